The molecule has 0 aliphatic rings. The molecular formula is C38H41N3O5S. The van der Waals surface area contributed by atoms with Gasteiger partial charge >= 0.3 is 0 Å². The summed E-state index contributed by atoms with van der Waals surface area (Å²) < 4.78 is 11.2. The van der Waals surface area contributed by atoms with Crippen molar-refractivity contribution < 1.29 is 23.9 Å². The number of thioether (sulfide) groups is 1. The van der Waals surface area contributed by atoms with E-state index < -0.39 is 11.8 Å². The second-order valence-electron chi connectivity index (χ2n) is 10.6. The van der Waals surface area contributed by atoms with E-state index in [-0.39, 0.29) is 16.9 Å². The molecule has 47 heavy (non-hydrogen) atoms. The molecule has 0 aliphatic heterocycles. The summed E-state index contributed by atoms with van der Waals surface area (Å²) >= 11 is 1.41. The maximum Gasteiger partial charge on any atom is 0.272 e. The van der Waals surface area contributed by atoms with Crippen molar-refractivity contribution in [3.05, 3.63) is 120 Å². The van der Waals surface area contributed by atoms with Crippen LogP contribution in [0, 0.1) is 0 Å². The highest BCUT2D eigenvalue weighted by atomic mass is 32.2. The summed E-state index contributed by atoms with van der Waals surface area (Å²) in [4.78, 5) is 40.5. The SMILES string of the molecule is CCCCOc1ccc(NC(=O)C(CC)Sc2cccc(NC(=O)/C(=C\c3ccc(OCC)cc3)NC(=O)c3ccccc3)c2)cc1. The number of carbonyl (C=O) groups excluding carboxylic acids is 3. The van der Waals surface area contributed by atoms with Gasteiger partial charge in [0.1, 0.15) is 17.2 Å². The Morgan fingerprint density at radius 1 is 0.766 bits per heavy atom. The maximum absolute atomic E-state index is 13.6. The van der Waals surface area contributed by atoms with Crippen LogP contribution in [0.2, 0.25) is 0 Å². The Kier molecular flexibility index (Phi) is 13.5. The van der Waals surface area contributed by atoms with Gasteiger partial charge in [0.25, 0.3) is 11.8 Å². The van der Waals surface area contributed by atoms with Gasteiger partial charge < -0.3 is 25.4 Å². The fraction of sp³-hybridized carbons (Fsp3) is 0.237. The smallest absolute Gasteiger partial charge is 0.272 e. The van der Waals surface area contributed by atoms with Crippen molar-refractivity contribution >= 4 is 46.9 Å². The van der Waals surface area contributed by atoms with Gasteiger partial charge in [-0.05, 0) is 98.1 Å². The maximum atomic E-state index is 13.6. The van der Waals surface area contributed by atoms with E-state index in [0.717, 1.165) is 23.5 Å². The number of unbranched alkanes of at least 4 members (excludes halogenated alkanes) is 1. The number of ether oxygens (including phenoxy) is 2. The molecule has 0 saturated carbocycles. The summed E-state index contributed by atoms with van der Waals surface area (Å²) in [5.41, 5.74) is 2.44. The Morgan fingerprint density at radius 2 is 1.47 bits per heavy atom. The summed E-state index contributed by atoms with van der Waals surface area (Å²) in [6, 6.07) is 30.6. The quantitative estimate of drug-likeness (QED) is 0.0641. The lowest BCUT2D eigenvalue weighted by atomic mass is 10.1. The van der Waals surface area contributed by atoms with Crippen LogP contribution in [-0.4, -0.2) is 36.2 Å². The van der Waals surface area contributed by atoms with Crippen LogP contribution in [0.4, 0.5) is 11.4 Å². The highest BCUT2D eigenvalue weighted by Gasteiger charge is 2.19. The highest BCUT2D eigenvalue weighted by Crippen LogP contribution is 2.29. The van der Waals surface area contributed by atoms with Crippen molar-refractivity contribution in [1.82, 2.24) is 5.32 Å². The van der Waals surface area contributed by atoms with Crippen LogP contribution < -0.4 is 25.4 Å². The second kappa shape index (κ2) is 18.2. The lowest BCUT2D eigenvalue weighted by Gasteiger charge is -2.16. The molecule has 9 heteroatoms. The van der Waals surface area contributed by atoms with Gasteiger partial charge in [-0.15, -0.1) is 11.8 Å². The average molecular weight is 652 g/mol. The Bertz CT molecular complexity index is 1640. The van der Waals surface area contributed by atoms with E-state index in [4.69, 9.17) is 9.47 Å². The van der Waals surface area contributed by atoms with Gasteiger partial charge in [-0.2, -0.15) is 0 Å². The second-order valence-corrected chi connectivity index (χ2v) is 11.9. The number of amides is 3. The van der Waals surface area contributed by atoms with E-state index in [2.05, 4.69) is 22.9 Å². The first-order valence-electron chi connectivity index (χ1n) is 15.8. The molecule has 4 aromatic carbocycles. The normalized spacial score (nSPS) is 11.7. The van der Waals surface area contributed by atoms with Gasteiger partial charge in [0, 0.05) is 21.8 Å². The van der Waals surface area contributed by atoms with Crippen molar-refractivity contribution in [3.8, 4) is 11.5 Å². The number of hydrogen-bond acceptors (Lipinski definition) is 6. The number of hydrogen-bond donors (Lipinski definition) is 3. The van der Waals surface area contributed by atoms with Crippen molar-refractivity contribution in [3.63, 3.8) is 0 Å². The monoisotopic (exact) mass is 651 g/mol. The standard InChI is InChI=1S/C38H41N3O5S/c1-4-7-24-46-32-22-18-29(19-23-32)39-38(44)35(5-2)47-33-15-11-14-30(26-33)40-37(43)34(41-36(42)28-12-9-8-10-13-28)25-27-16-20-31(21-17-27)45-6-3/h8-23,25-26,35H,4-7,24H2,1-3H3,(H,39,44)(H,40,43)(H,41,42)/b34-25+. The molecule has 0 radical (unpaired) electrons. The summed E-state index contributed by atoms with van der Waals surface area (Å²) in [5, 5.41) is 8.30. The number of rotatable bonds is 16. The third kappa shape index (κ3) is 11.1. The predicted molar refractivity (Wildman–Crippen MR) is 190 cm³/mol. The molecule has 0 aromatic heterocycles. The third-order valence-electron chi connectivity index (χ3n) is 6.95. The summed E-state index contributed by atoms with van der Waals surface area (Å²) in [7, 11) is 0. The summed E-state index contributed by atoms with van der Waals surface area (Å²) in [5.74, 6) is 0.474. The minimum absolute atomic E-state index is 0.0775. The fourth-order valence-electron chi connectivity index (χ4n) is 4.46. The van der Waals surface area contributed by atoms with Crippen LogP contribution in [0.25, 0.3) is 6.08 Å². The fourth-order valence-corrected chi connectivity index (χ4v) is 5.47. The molecule has 0 saturated heterocycles. The van der Waals surface area contributed by atoms with Crippen LogP contribution in [0.15, 0.2) is 114 Å². The molecule has 0 spiro atoms. The van der Waals surface area contributed by atoms with Crippen LogP contribution in [0.5, 0.6) is 11.5 Å². The predicted octanol–water partition coefficient (Wildman–Crippen LogP) is 8.18. The number of nitrogens with one attached hydrogen (secondary N) is 3. The zero-order valence-corrected chi connectivity index (χ0v) is 27.8. The Morgan fingerprint density at radius 3 is 2.15 bits per heavy atom. The molecule has 0 heterocycles. The molecule has 4 aromatic rings. The summed E-state index contributed by atoms with van der Waals surface area (Å²) in [6.07, 6.45) is 4.28. The highest BCUT2D eigenvalue weighted by molar-refractivity contribution is 8.00. The molecule has 3 amide bonds. The van der Waals surface area contributed by atoms with Crippen LogP contribution in [0.3, 0.4) is 0 Å². The molecule has 1 unspecified atom stereocenters. The van der Waals surface area contributed by atoms with Gasteiger partial charge in [-0.1, -0.05) is 56.7 Å². The topological polar surface area (TPSA) is 106 Å². The number of anilines is 2. The molecule has 0 fully saturated rings. The van der Waals surface area contributed by atoms with Gasteiger partial charge in [-0.3, -0.25) is 14.4 Å². The number of benzene rings is 4. The lowest BCUT2D eigenvalue weighted by Crippen LogP contribution is -2.30. The van der Waals surface area contributed by atoms with E-state index in [1.54, 1.807) is 36.4 Å². The minimum Gasteiger partial charge on any atom is -0.494 e. The van der Waals surface area contributed by atoms with Crippen LogP contribution >= 0.6 is 11.8 Å². The molecular weight excluding hydrogens is 611 g/mol. The van der Waals surface area contributed by atoms with Gasteiger partial charge in [0.05, 0.1) is 18.5 Å². The first-order valence-corrected chi connectivity index (χ1v) is 16.7. The molecule has 244 valence electrons. The van der Waals surface area contributed by atoms with E-state index in [0.29, 0.717) is 47.9 Å². The van der Waals surface area contributed by atoms with Gasteiger partial charge in [0.15, 0.2) is 0 Å². The van der Waals surface area contributed by atoms with Crippen molar-refractivity contribution in [2.75, 3.05) is 23.8 Å². The molecule has 8 nitrogen and oxygen atoms in total. The Balaban J connectivity index is 1.44. The molecule has 1 atom stereocenters. The number of carbonyl (C=O) groups is 3. The van der Waals surface area contributed by atoms with E-state index >= 15 is 0 Å². The van der Waals surface area contributed by atoms with Crippen molar-refractivity contribution in [1.29, 1.82) is 0 Å². The zero-order valence-electron chi connectivity index (χ0n) is 27.0. The van der Waals surface area contributed by atoms with Gasteiger partial charge in [0.2, 0.25) is 5.91 Å². The van der Waals surface area contributed by atoms with E-state index in [9.17, 15) is 14.4 Å². The van der Waals surface area contributed by atoms with E-state index in [1.165, 1.54) is 11.8 Å². The first-order chi connectivity index (χ1) is 22.9. The minimum atomic E-state index is -0.489. The van der Waals surface area contributed by atoms with Crippen LogP contribution in [-0.2, 0) is 9.59 Å². The zero-order chi connectivity index (χ0) is 33.4. The van der Waals surface area contributed by atoms with Crippen molar-refractivity contribution in [2.45, 2.75) is 50.2 Å². The molecule has 0 bridgehead atoms. The largest absolute Gasteiger partial charge is 0.494 e. The molecule has 3 N–H and O–H groups in total. The lowest BCUT2D eigenvalue weighted by molar-refractivity contribution is -0.116. The molecule has 0 aliphatic carbocycles. The Hall–Kier alpha value is -5.02. The molecule has 4 rings (SSSR count). The van der Waals surface area contributed by atoms with Gasteiger partial charge in [-0.25, -0.2) is 0 Å². The van der Waals surface area contributed by atoms with E-state index in [1.807, 2.05) is 86.6 Å². The average Bonchev–Trinajstić information content (AvgIpc) is 3.09. The first kappa shape index (κ1) is 34.8. The summed E-state index contributed by atoms with van der Waals surface area (Å²) in [6.45, 7) is 7.19. The van der Waals surface area contributed by atoms with Crippen molar-refractivity contribution in [2.24, 2.45) is 0 Å². The third-order valence-corrected chi connectivity index (χ3v) is 8.31. The Labute approximate surface area is 281 Å². The van der Waals surface area contributed by atoms with Crippen LogP contribution in [0.1, 0.15) is 56.0 Å².